The molecule has 6 N–H and O–H groups in total. The number of fused-ring (bicyclic) bond motifs is 6. The molecule has 3 saturated heterocycles. The Kier molecular flexibility index (Phi) is 22.4. The summed E-state index contributed by atoms with van der Waals surface area (Å²) in [5, 5.41) is 36.4. The Morgan fingerprint density at radius 1 is 0.602 bits per heavy atom. The zero-order valence-corrected chi connectivity index (χ0v) is 56.5. The van der Waals surface area contributed by atoms with Crippen LogP contribution in [0.1, 0.15) is 12.5 Å². The van der Waals surface area contributed by atoms with Crippen LogP contribution in [-0.4, -0.2) is 224 Å². The lowest BCUT2D eigenvalue weighted by atomic mass is 9.94. The molecule has 5 aromatic carbocycles. The Bertz CT molecular complexity index is 4530. The highest BCUT2D eigenvalue weighted by molar-refractivity contribution is 7.90. The quantitative estimate of drug-likeness (QED) is 0.111. The van der Waals surface area contributed by atoms with Crippen molar-refractivity contribution in [3.8, 4) is 11.5 Å². The molecule has 2 unspecified atom stereocenters. The molecule has 9 heterocycles. The summed E-state index contributed by atoms with van der Waals surface area (Å²) in [6, 6.07) is 29.5. The maximum absolute atomic E-state index is 13.6. The SMILES string of the molecule is CC(=O)N1CCc2cc(S(=O)(=O)N3C=C(N4CCNCC4)C4C=CC=CC43)ccc21.CN1CCN(c2nn(S(=O)(=O)c3ccc4c(c3)OCCN4C)c3ccccc23)CC1.O=C1COc2cc(S(=O)(=O)n3cc(N4CCNCC4)c4ccccc43)ccc2N1.O=CO.O=CO.O=CO. The minimum Gasteiger partial charge on any atom is -0.490 e. The lowest BCUT2D eigenvalue weighted by molar-refractivity contribution is -0.123. The summed E-state index contributed by atoms with van der Waals surface area (Å²) < 4.78 is 96.5. The van der Waals surface area contributed by atoms with Gasteiger partial charge in [0.1, 0.15) is 18.1 Å². The Balaban J connectivity index is 0.000000150. The summed E-state index contributed by atoms with van der Waals surface area (Å²) in [7, 11) is -7.38. The molecular weight excluding hydrogens is 1330 g/mol. The number of likely N-dealkylation sites (N-methyl/N-ethyl adjacent to an activating group) is 2. The number of ether oxygens (including phenoxy) is 2. The van der Waals surface area contributed by atoms with Gasteiger partial charge < -0.3 is 70.1 Å². The number of benzene rings is 5. The van der Waals surface area contributed by atoms with Gasteiger partial charge in [0.05, 0.1) is 55.4 Å². The highest BCUT2D eigenvalue weighted by atomic mass is 32.2. The number of piperazine rings is 3. The van der Waals surface area contributed by atoms with E-state index in [1.807, 2.05) is 80.0 Å². The summed E-state index contributed by atoms with van der Waals surface area (Å²) in [4.78, 5) is 61.6. The lowest BCUT2D eigenvalue weighted by Crippen LogP contribution is -2.44. The first-order valence-electron chi connectivity index (χ1n) is 31.4. The van der Waals surface area contributed by atoms with Crippen LogP contribution in [0, 0.1) is 5.92 Å². The summed E-state index contributed by atoms with van der Waals surface area (Å²) >= 11 is 0. The van der Waals surface area contributed by atoms with Crippen LogP contribution in [0.2, 0.25) is 0 Å². The highest BCUT2D eigenvalue weighted by Crippen LogP contribution is 2.41. The minimum absolute atomic E-state index is 0.0190. The van der Waals surface area contributed by atoms with E-state index in [2.05, 4.69) is 58.7 Å². The predicted molar refractivity (Wildman–Crippen MR) is 369 cm³/mol. The minimum atomic E-state index is -3.88. The van der Waals surface area contributed by atoms with Crippen molar-refractivity contribution in [3.63, 3.8) is 0 Å². The number of amides is 2. The van der Waals surface area contributed by atoms with E-state index in [0.29, 0.717) is 47.8 Å². The number of nitrogens with one attached hydrogen (secondary N) is 3. The summed E-state index contributed by atoms with van der Waals surface area (Å²) in [5.41, 5.74) is 6.28. The lowest BCUT2D eigenvalue weighted by Gasteiger charge is -2.33. The van der Waals surface area contributed by atoms with E-state index in [1.54, 1.807) is 53.6 Å². The number of hydrogen-bond acceptors (Lipinski definition) is 21. The molecule has 8 aliphatic rings. The summed E-state index contributed by atoms with van der Waals surface area (Å²) in [6.45, 7) is 13.0. The fraction of sp³-hybridized carbons (Fsp3) is 0.333. The number of carbonyl (C=O) groups is 5. The molecule has 0 bridgehead atoms. The largest absolute Gasteiger partial charge is 0.490 e. The Labute approximate surface area is 567 Å². The average Bonchev–Trinajstić information content (AvgIpc) is 1.58. The monoisotopic (exact) mass is 1400 g/mol. The second-order valence-electron chi connectivity index (χ2n) is 23.4. The third-order valence-electron chi connectivity index (χ3n) is 17.5. The molecule has 1 aliphatic carbocycles. The van der Waals surface area contributed by atoms with E-state index in [1.165, 1.54) is 31.4 Å². The van der Waals surface area contributed by atoms with Gasteiger partial charge in [0.25, 0.3) is 55.4 Å². The van der Waals surface area contributed by atoms with Gasteiger partial charge in [0.2, 0.25) is 5.91 Å². The highest BCUT2D eigenvalue weighted by Gasteiger charge is 2.42. The van der Waals surface area contributed by atoms with Crippen LogP contribution >= 0.6 is 0 Å². The van der Waals surface area contributed by atoms with Crippen molar-refractivity contribution >= 4 is 112 Å². The van der Waals surface area contributed by atoms with E-state index in [0.717, 1.165) is 130 Å². The van der Waals surface area contributed by atoms with Crippen LogP contribution in [0.5, 0.6) is 11.5 Å². The van der Waals surface area contributed by atoms with Gasteiger partial charge in [-0.3, -0.25) is 28.3 Å². The number of anilines is 5. The van der Waals surface area contributed by atoms with Crippen molar-refractivity contribution in [1.29, 1.82) is 0 Å². The van der Waals surface area contributed by atoms with Crippen LogP contribution < -0.4 is 45.0 Å². The van der Waals surface area contributed by atoms with E-state index in [4.69, 9.17) is 39.2 Å². The number of nitrogens with zero attached hydrogens (tertiary/aromatic N) is 10. The van der Waals surface area contributed by atoms with Gasteiger partial charge >= 0.3 is 0 Å². The fourth-order valence-corrected chi connectivity index (χ4v) is 16.9. The molecule has 32 heteroatoms. The zero-order valence-electron chi connectivity index (χ0n) is 54.0. The number of aromatic nitrogens is 3. The second kappa shape index (κ2) is 31.0. The Morgan fingerprint density at radius 3 is 1.86 bits per heavy atom. The predicted octanol–water partition coefficient (Wildman–Crippen LogP) is 4.03. The number of hydrogen-bond donors (Lipinski definition) is 6. The molecule has 7 aliphatic heterocycles. The normalized spacial score (nSPS) is 18.6. The topological polar surface area (TPSA) is 348 Å². The first-order chi connectivity index (χ1) is 47.2. The van der Waals surface area contributed by atoms with Crippen LogP contribution in [0.4, 0.5) is 28.6 Å². The molecular formula is C66H77N13O16S3. The van der Waals surface area contributed by atoms with E-state index >= 15 is 0 Å². The Morgan fingerprint density at radius 2 is 1.18 bits per heavy atom. The van der Waals surface area contributed by atoms with Crippen LogP contribution in [0.25, 0.3) is 21.8 Å². The van der Waals surface area contributed by atoms with Gasteiger partial charge in [0.15, 0.2) is 12.4 Å². The van der Waals surface area contributed by atoms with Gasteiger partial charge in [-0.05, 0) is 79.7 Å². The van der Waals surface area contributed by atoms with Gasteiger partial charge in [-0.15, -0.1) is 5.10 Å². The standard InChI is InChI=1S/C22H26N4O3S.C21H25N5O3S.C20H20N4O4S.3CH2O2/c1-16(27)25-11-8-17-14-18(6-7-20(17)25)30(28,29)26-15-22(24-12-9-23-10-13-24)19-4-2-3-5-21(19)26;1-23-9-11-25(12-10-23)21-17-5-3-4-6-18(17)26(22-21)30(27,28)16-7-8-19-20(15-16)29-14-13-24(19)2;25-20-13-28-19-11-14(5-6-16(19)22-20)29(26,27)24-12-18(23-9-7-21-8-10-23)15-3-1-2-4-17(15)24;3*2-1-3/h2-7,14-15,19,21,23H,8-13H2,1H3;3-8,15H,9-14H2,1-2H3;1-6,11-12,21H,7-10,13H2,(H,22,25);3*1H,(H,2,3). The molecule has 520 valence electrons. The molecule has 7 aromatic rings. The van der Waals surface area contributed by atoms with Gasteiger partial charge in [0, 0.05) is 152 Å². The number of rotatable bonds is 9. The third-order valence-corrected chi connectivity index (χ3v) is 22.5. The van der Waals surface area contributed by atoms with Crippen molar-refractivity contribution in [2.24, 2.45) is 5.92 Å². The molecule has 2 amide bonds. The molecule has 0 radical (unpaired) electrons. The smallest absolute Gasteiger partial charge is 0.290 e. The average molecular weight is 1400 g/mol. The van der Waals surface area contributed by atoms with Crippen LogP contribution in [-0.2, 0) is 60.5 Å². The molecule has 0 saturated carbocycles. The van der Waals surface area contributed by atoms with E-state index in [9.17, 15) is 34.8 Å². The fourth-order valence-electron chi connectivity index (χ4n) is 12.7. The molecule has 0 spiro atoms. The van der Waals surface area contributed by atoms with E-state index < -0.39 is 30.1 Å². The molecule has 98 heavy (non-hydrogen) atoms. The van der Waals surface area contributed by atoms with Crippen molar-refractivity contribution in [2.45, 2.75) is 34.1 Å². The van der Waals surface area contributed by atoms with Gasteiger partial charge in [-0.25, -0.2) is 20.8 Å². The maximum atomic E-state index is 13.6. The van der Waals surface area contributed by atoms with Crippen molar-refractivity contribution in [2.75, 3.05) is 144 Å². The number of allylic oxidation sites excluding steroid dienone is 2. The van der Waals surface area contributed by atoms with Gasteiger partial charge in [-0.2, -0.15) is 12.5 Å². The number of carbonyl (C=O) groups excluding carboxylic acids is 2. The van der Waals surface area contributed by atoms with Crippen molar-refractivity contribution in [3.05, 3.63) is 151 Å². The van der Waals surface area contributed by atoms with Crippen LogP contribution in [0.15, 0.2) is 160 Å². The number of para-hydroxylation sites is 2. The molecule has 2 aromatic heterocycles. The van der Waals surface area contributed by atoms with Crippen LogP contribution in [0.3, 0.4) is 0 Å². The van der Waals surface area contributed by atoms with Gasteiger partial charge in [-0.1, -0.05) is 54.6 Å². The van der Waals surface area contributed by atoms with E-state index in [-0.39, 0.29) is 64.5 Å². The Hall–Kier alpha value is -9.99. The first kappa shape index (κ1) is 70.8. The molecule has 3 fully saturated rings. The maximum Gasteiger partial charge on any atom is 0.290 e. The van der Waals surface area contributed by atoms with Crippen molar-refractivity contribution in [1.82, 2.24) is 37.9 Å². The number of sulfonamides is 1. The molecule has 15 rings (SSSR count). The summed E-state index contributed by atoms with van der Waals surface area (Å²) in [6.07, 6.45) is 12.2. The third kappa shape index (κ3) is 14.9. The molecule has 2 atom stereocenters. The number of carboxylic acid groups (broad SMARTS) is 3. The zero-order chi connectivity index (χ0) is 69.9. The second-order valence-corrected chi connectivity index (χ2v) is 28.8. The van der Waals surface area contributed by atoms with Crippen molar-refractivity contribution < 1.29 is 74.0 Å². The summed E-state index contributed by atoms with van der Waals surface area (Å²) in [5.74, 6) is 1.41. The molecule has 29 nitrogen and oxygen atoms in total. The first-order valence-corrected chi connectivity index (χ1v) is 35.8.